The van der Waals surface area contributed by atoms with Crippen molar-refractivity contribution in [3.05, 3.63) is 23.4 Å². The van der Waals surface area contributed by atoms with Gasteiger partial charge in [-0.3, -0.25) is 0 Å². The van der Waals surface area contributed by atoms with E-state index in [9.17, 15) is 0 Å². The Balaban J connectivity index is 2.75. The van der Waals surface area contributed by atoms with Crippen molar-refractivity contribution in [1.29, 1.82) is 0 Å². The first-order chi connectivity index (χ1) is 4.20. The van der Waals surface area contributed by atoms with Gasteiger partial charge in [0.2, 0.25) is 0 Å². The van der Waals surface area contributed by atoms with Crippen LogP contribution in [-0.4, -0.2) is 6.04 Å². The van der Waals surface area contributed by atoms with Gasteiger partial charge in [-0.25, -0.2) is 0 Å². The maximum atomic E-state index is 5.62. The summed E-state index contributed by atoms with van der Waals surface area (Å²) in [6.07, 6.45) is 4.76. The molecule has 0 spiro atoms. The fourth-order valence-electron chi connectivity index (χ4n) is 0.858. The zero-order chi connectivity index (χ0) is 6.85. The molecule has 0 fully saturated rings. The number of hydrogen-bond donors (Lipinski definition) is 2. The average molecular weight is 124 g/mol. The van der Waals surface area contributed by atoms with Crippen molar-refractivity contribution in [2.45, 2.75) is 19.4 Å². The second kappa shape index (κ2) is 2.23. The maximum absolute atomic E-state index is 5.62. The Bertz CT molecular complexity index is 168. The van der Waals surface area contributed by atoms with E-state index in [4.69, 9.17) is 11.5 Å². The minimum absolute atomic E-state index is 0.133. The van der Waals surface area contributed by atoms with Gasteiger partial charge < -0.3 is 11.5 Å². The van der Waals surface area contributed by atoms with Crippen LogP contribution in [-0.2, 0) is 0 Å². The Morgan fingerprint density at radius 2 is 2.33 bits per heavy atom. The standard InChI is InChI=1S/C7H12N2/c1-5-2-3-6(8)4-7(5)9/h2-3,6H,4,8-9H2,1H3. The summed E-state index contributed by atoms with van der Waals surface area (Å²) in [4.78, 5) is 0. The van der Waals surface area contributed by atoms with Crippen LogP contribution in [0.25, 0.3) is 0 Å². The summed E-state index contributed by atoms with van der Waals surface area (Å²) in [5.41, 5.74) is 13.3. The minimum atomic E-state index is 0.133. The lowest BCUT2D eigenvalue weighted by molar-refractivity contribution is 0.772. The molecule has 0 heterocycles. The lowest BCUT2D eigenvalue weighted by Gasteiger charge is -2.13. The molecule has 1 atom stereocenters. The summed E-state index contributed by atoms with van der Waals surface area (Å²) in [6, 6.07) is 0.133. The SMILES string of the molecule is CC1=C(N)CC(N)C=C1. The predicted molar refractivity (Wildman–Crippen MR) is 38.6 cm³/mol. The Kier molecular flexibility index (Phi) is 1.58. The molecule has 0 amide bonds. The number of hydrogen-bond acceptors (Lipinski definition) is 2. The molecule has 0 aromatic carbocycles. The van der Waals surface area contributed by atoms with Crippen molar-refractivity contribution in [3.8, 4) is 0 Å². The van der Waals surface area contributed by atoms with Crippen molar-refractivity contribution in [3.63, 3.8) is 0 Å². The van der Waals surface area contributed by atoms with E-state index in [1.165, 1.54) is 0 Å². The fraction of sp³-hybridized carbons (Fsp3) is 0.429. The molecule has 1 aliphatic rings. The third-order valence-electron chi connectivity index (χ3n) is 1.56. The van der Waals surface area contributed by atoms with E-state index in [1.54, 1.807) is 0 Å². The van der Waals surface area contributed by atoms with Crippen LogP contribution < -0.4 is 11.5 Å². The van der Waals surface area contributed by atoms with Gasteiger partial charge in [0.25, 0.3) is 0 Å². The molecule has 2 nitrogen and oxygen atoms in total. The molecule has 0 radical (unpaired) electrons. The van der Waals surface area contributed by atoms with Crippen molar-refractivity contribution in [1.82, 2.24) is 0 Å². The molecule has 4 N–H and O–H groups in total. The molecule has 2 heteroatoms. The maximum Gasteiger partial charge on any atom is 0.0282 e. The zero-order valence-corrected chi connectivity index (χ0v) is 5.59. The summed E-state index contributed by atoms with van der Waals surface area (Å²) in [5, 5.41) is 0. The van der Waals surface area contributed by atoms with E-state index in [2.05, 4.69) is 0 Å². The fourth-order valence-corrected chi connectivity index (χ4v) is 0.858. The largest absolute Gasteiger partial charge is 0.402 e. The van der Waals surface area contributed by atoms with Gasteiger partial charge in [0.1, 0.15) is 0 Å². The smallest absolute Gasteiger partial charge is 0.0282 e. The van der Waals surface area contributed by atoms with E-state index < -0.39 is 0 Å². The summed E-state index contributed by atoms with van der Waals surface area (Å²) < 4.78 is 0. The average Bonchev–Trinajstić information content (AvgIpc) is 1.80. The van der Waals surface area contributed by atoms with Gasteiger partial charge in [-0.05, 0) is 12.5 Å². The predicted octanol–water partition coefficient (Wildman–Crippen LogP) is 0.506. The Hall–Kier alpha value is -0.760. The highest BCUT2D eigenvalue weighted by Crippen LogP contribution is 2.12. The molecule has 50 valence electrons. The van der Waals surface area contributed by atoms with Gasteiger partial charge in [-0.1, -0.05) is 12.2 Å². The molecular weight excluding hydrogens is 112 g/mol. The first-order valence-electron chi connectivity index (χ1n) is 3.09. The van der Waals surface area contributed by atoms with Crippen LogP contribution in [0.5, 0.6) is 0 Å². The van der Waals surface area contributed by atoms with Crippen LogP contribution in [0.2, 0.25) is 0 Å². The molecule has 9 heavy (non-hydrogen) atoms. The monoisotopic (exact) mass is 124 g/mol. The van der Waals surface area contributed by atoms with Crippen molar-refractivity contribution in [2.75, 3.05) is 0 Å². The van der Waals surface area contributed by atoms with Gasteiger partial charge in [0.05, 0.1) is 0 Å². The van der Waals surface area contributed by atoms with E-state index in [-0.39, 0.29) is 6.04 Å². The summed E-state index contributed by atoms with van der Waals surface area (Å²) >= 11 is 0. The Labute approximate surface area is 55.2 Å². The Morgan fingerprint density at radius 3 is 2.78 bits per heavy atom. The molecule has 0 aromatic rings. The van der Waals surface area contributed by atoms with E-state index in [0.717, 1.165) is 17.7 Å². The van der Waals surface area contributed by atoms with Crippen LogP contribution >= 0.6 is 0 Å². The van der Waals surface area contributed by atoms with Crippen molar-refractivity contribution >= 4 is 0 Å². The van der Waals surface area contributed by atoms with Gasteiger partial charge >= 0.3 is 0 Å². The zero-order valence-electron chi connectivity index (χ0n) is 5.59. The van der Waals surface area contributed by atoms with Crippen LogP contribution in [0.4, 0.5) is 0 Å². The first kappa shape index (κ1) is 6.36. The molecule has 0 bridgehead atoms. The quantitative estimate of drug-likeness (QED) is 0.494. The third-order valence-corrected chi connectivity index (χ3v) is 1.56. The number of rotatable bonds is 0. The second-order valence-electron chi connectivity index (χ2n) is 2.44. The minimum Gasteiger partial charge on any atom is -0.402 e. The molecule has 0 aromatic heterocycles. The highest BCUT2D eigenvalue weighted by molar-refractivity contribution is 5.28. The van der Waals surface area contributed by atoms with Crippen molar-refractivity contribution < 1.29 is 0 Å². The van der Waals surface area contributed by atoms with Gasteiger partial charge in [0, 0.05) is 18.2 Å². The van der Waals surface area contributed by atoms with E-state index in [0.29, 0.717) is 0 Å². The highest BCUT2D eigenvalue weighted by atomic mass is 14.7. The molecule has 1 rings (SSSR count). The van der Waals surface area contributed by atoms with Gasteiger partial charge in [-0.2, -0.15) is 0 Å². The van der Waals surface area contributed by atoms with Crippen LogP contribution in [0.3, 0.4) is 0 Å². The third kappa shape index (κ3) is 1.33. The molecule has 0 saturated carbocycles. The molecule has 0 aliphatic heterocycles. The molecule has 1 aliphatic carbocycles. The normalized spacial score (nSPS) is 27.1. The summed E-state index contributed by atoms with van der Waals surface area (Å²) in [6.45, 7) is 2.00. The first-order valence-corrected chi connectivity index (χ1v) is 3.09. The molecular formula is C7H12N2. The van der Waals surface area contributed by atoms with E-state index in [1.807, 2.05) is 19.1 Å². The summed E-state index contributed by atoms with van der Waals surface area (Å²) in [7, 11) is 0. The van der Waals surface area contributed by atoms with Crippen molar-refractivity contribution in [2.24, 2.45) is 11.5 Å². The topological polar surface area (TPSA) is 52.0 Å². The van der Waals surface area contributed by atoms with Gasteiger partial charge in [0.15, 0.2) is 0 Å². The van der Waals surface area contributed by atoms with E-state index >= 15 is 0 Å². The molecule has 1 unspecified atom stereocenters. The van der Waals surface area contributed by atoms with Crippen LogP contribution in [0.1, 0.15) is 13.3 Å². The Morgan fingerprint density at radius 1 is 1.67 bits per heavy atom. The van der Waals surface area contributed by atoms with Gasteiger partial charge in [-0.15, -0.1) is 0 Å². The summed E-state index contributed by atoms with van der Waals surface area (Å²) in [5.74, 6) is 0. The highest BCUT2D eigenvalue weighted by Gasteiger charge is 2.05. The number of nitrogens with two attached hydrogens (primary N) is 2. The lowest BCUT2D eigenvalue weighted by atomic mass is 10.0. The van der Waals surface area contributed by atoms with Crippen LogP contribution in [0.15, 0.2) is 23.4 Å². The number of allylic oxidation sites excluding steroid dienone is 2. The second-order valence-corrected chi connectivity index (χ2v) is 2.44. The molecule has 0 saturated heterocycles. The van der Waals surface area contributed by atoms with Crippen LogP contribution in [0, 0.1) is 0 Å². The lowest BCUT2D eigenvalue weighted by Crippen LogP contribution is -2.22.